The lowest BCUT2D eigenvalue weighted by atomic mass is 10.1. The fourth-order valence-electron chi connectivity index (χ4n) is 3.25. The first-order chi connectivity index (χ1) is 13.1. The van der Waals surface area contributed by atoms with Crippen molar-refractivity contribution in [1.29, 1.82) is 0 Å². The molecule has 1 unspecified atom stereocenters. The molecule has 1 N–H and O–H groups in total. The molecule has 1 aromatic carbocycles. The van der Waals surface area contributed by atoms with E-state index in [0.717, 1.165) is 43.2 Å². The molecule has 1 aliphatic heterocycles. The minimum absolute atomic E-state index is 0. The van der Waals surface area contributed by atoms with E-state index >= 15 is 0 Å². The quantitative estimate of drug-likeness (QED) is 0.341. The van der Waals surface area contributed by atoms with Gasteiger partial charge >= 0.3 is 0 Å². The molecule has 3 rings (SSSR count). The molecule has 154 valence electrons. The molecular weight excluding hydrogens is 535 g/mol. The van der Waals surface area contributed by atoms with Crippen LogP contribution in [0.1, 0.15) is 37.2 Å². The van der Waals surface area contributed by atoms with Gasteiger partial charge in [0.15, 0.2) is 11.8 Å². The number of halogens is 2. The highest BCUT2D eigenvalue weighted by Gasteiger charge is 2.23. The monoisotopic (exact) mass is 562 g/mol. The SMILES string of the molecule is CCNC(=NCc1noc(C)n1)N1CCN(C(C)c2ccc(Br)cc2)CC1.I. The summed E-state index contributed by atoms with van der Waals surface area (Å²) in [6.07, 6.45) is 0. The van der Waals surface area contributed by atoms with Crippen molar-refractivity contribution in [3.63, 3.8) is 0 Å². The Morgan fingerprint density at radius 3 is 2.50 bits per heavy atom. The number of guanidine groups is 1. The molecule has 28 heavy (non-hydrogen) atoms. The third-order valence-corrected chi connectivity index (χ3v) is 5.32. The first-order valence-electron chi connectivity index (χ1n) is 9.38. The van der Waals surface area contributed by atoms with Crippen molar-refractivity contribution >= 4 is 45.9 Å². The summed E-state index contributed by atoms with van der Waals surface area (Å²) in [5.74, 6) is 2.10. The molecule has 9 heteroatoms. The van der Waals surface area contributed by atoms with Crippen LogP contribution in [0.15, 0.2) is 38.3 Å². The van der Waals surface area contributed by atoms with Crippen LogP contribution in [0.2, 0.25) is 0 Å². The fraction of sp³-hybridized carbons (Fsp3) is 0.526. The van der Waals surface area contributed by atoms with E-state index in [1.807, 2.05) is 0 Å². The maximum atomic E-state index is 5.02. The maximum Gasteiger partial charge on any atom is 0.223 e. The Labute approximate surface area is 192 Å². The topological polar surface area (TPSA) is 69.8 Å². The Morgan fingerprint density at radius 1 is 1.25 bits per heavy atom. The number of rotatable bonds is 5. The number of piperazine rings is 1. The average Bonchev–Trinajstić information content (AvgIpc) is 3.10. The summed E-state index contributed by atoms with van der Waals surface area (Å²) >= 11 is 3.51. The molecule has 1 atom stereocenters. The highest BCUT2D eigenvalue weighted by molar-refractivity contribution is 14.0. The lowest BCUT2D eigenvalue weighted by molar-refractivity contribution is 0.138. The van der Waals surface area contributed by atoms with Gasteiger partial charge in [-0.2, -0.15) is 4.98 Å². The van der Waals surface area contributed by atoms with Crippen LogP contribution >= 0.6 is 39.9 Å². The molecule has 0 amide bonds. The van der Waals surface area contributed by atoms with Gasteiger partial charge < -0.3 is 14.7 Å². The summed E-state index contributed by atoms with van der Waals surface area (Å²) in [6.45, 7) is 11.3. The number of aryl methyl sites for hydroxylation is 1. The summed E-state index contributed by atoms with van der Waals surface area (Å²) in [7, 11) is 0. The second-order valence-electron chi connectivity index (χ2n) is 6.65. The van der Waals surface area contributed by atoms with E-state index in [0.29, 0.717) is 24.3 Å². The van der Waals surface area contributed by atoms with Gasteiger partial charge in [-0.15, -0.1) is 24.0 Å². The highest BCUT2D eigenvalue weighted by atomic mass is 127. The van der Waals surface area contributed by atoms with Gasteiger partial charge in [-0.25, -0.2) is 4.99 Å². The summed E-state index contributed by atoms with van der Waals surface area (Å²) < 4.78 is 6.14. The third-order valence-electron chi connectivity index (χ3n) is 4.79. The highest BCUT2D eigenvalue weighted by Crippen LogP contribution is 2.23. The Morgan fingerprint density at radius 2 is 1.93 bits per heavy atom. The zero-order valence-electron chi connectivity index (χ0n) is 16.6. The van der Waals surface area contributed by atoms with E-state index in [2.05, 4.69) is 84.3 Å². The van der Waals surface area contributed by atoms with Crippen LogP contribution < -0.4 is 5.32 Å². The van der Waals surface area contributed by atoms with Crippen LogP contribution in [-0.4, -0.2) is 58.6 Å². The Kier molecular flexibility index (Phi) is 9.16. The molecule has 0 saturated carbocycles. The van der Waals surface area contributed by atoms with Gasteiger partial charge in [0.1, 0.15) is 6.54 Å². The number of hydrogen-bond donors (Lipinski definition) is 1. The largest absolute Gasteiger partial charge is 0.357 e. The molecule has 1 aromatic heterocycles. The Bertz CT molecular complexity index is 758. The minimum atomic E-state index is 0. The Balaban J connectivity index is 0.00000280. The number of aromatic nitrogens is 2. The first-order valence-corrected chi connectivity index (χ1v) is 10.2. The number of nitrogens with zero attached hydrogens (tertiary/aromatic N) is 5. The molecule has 0 aliphatic carbocycles. The molecule has 0 radical (unpaired) electrons. The molecule has 0 spiro atoms. The predicted octanol–water partition coefficient (Wildman–Crippen LogP) is 3.60. The van der Waals surface area contributed by atoms with E-state index in [9.17, 15) is 0 Å². The van der Waals surface area contributed by atoms with Crippen molar-refractivity contribution in [3.05, 3.63) is 46.0 Å². The zero-order valence-corrected chi connectivity index (χ0v) is 20.5. The van der Waals surface area contributed by atoms with Gasteiger partial charge in [-0.3, -0.25) is 4.90 Å². The lowest BCUT2D eigenvalue weighted by Gasteiger charge is -2.39. The zero-order chi connectivity index (χ0) is 19.2. The summed E-state index contributed by atoms with van der Waals surface area (Å²) in [5, 5.41) is 7.29. The molecular formula is C19H28BrIN6O. The van der Waals surface area contributed by atoms with Gasteiger partial charge in [0.05, 0.1) is 0 Å². The molecule has 1 saturated heterocycles. The minimum Gasteiger partial charge on any atom is -0.357 e. The third kappa shape index (κ3) is 6.15. The maximum absolute atomic E-state index is 5.02. The van der Waals surface area contributed by atoms with Crippen molar-refractivity contribution in [2.45, 2.75) is 33.4 Å². The summed E-state index contributed by atoms with van der Waals surface area (Å²) in [6, 6.07) is 9.01. The second kappa shape index (κ2) is 11.1. The van der Waals surface area contributed by atoms with E-state index < -0.39 is 0 Å². The normalized spacial score (nSPS) is 16.6. The van der Waals surface area contributed by atoms with Crippen molar-refractivity contribution in [1.82, 2.24) is 25.3 Å². The number of aliphatic imine (C=N–C) groups is 1. The van der Waals surface area contributed by atoms with Gasteiger partial charge in [0, 0.05) is 50.2 Å². The lowest BCUT2D eigenvalue weighted by Crippen LogP contribution is -2.52. The smallest absolute Gasteiger partial charge is 0.223 e. The van der Waals surface area contributed by atoms with Gasteiger partial charge in [0.2, 0.25) is 5.89 Å². The van der Waals surface area contributed by atoms with Crippen molar-refractivity contribution < 1.29 is 4.52 Å². The van der Waals surface area contributed by atoms with Gasteiger partial charge in [0.25, 0.3) is 0 Å². The van der Waals surface area contributed by atoms with E-state index in [1.54, 1.807) is 6.92 Å². The Hall–Kier alpha value is -1.20. The van der Waals surface area contributed by atoms with Crippen LogP contribution in [0.3, 0.4) is 0 Å². The molecule has 1 aliphatic rings. The fourth-order valence-corrected chi connectivity index (χ4v) is 3.51. The molecule has 7 nitrogen and oxygen atoms in total. The van der Waals surface area contributed by atoms with Crippen LogP contribution in [0.5, 0.6) is 0 Å². The summed E-state index contributed by atoms with van der Waals surface area (Å²) in [5.41, 5.74) is 1.35. The van der Waals surface area contributed by atoms with E-state index in [4.69, 9.17) is 4.52 Å². The van der Waals surface area contributed by atoms with Crippen molar-refractivity contribution in [2.75, 3.05) is 32.7 Å². The summed E-state index contributed by atoms with van der Waals surface area (Å²) in [4.78, 5) is 13.7. The van der Waals surface area contributed by atoms with Crippen LogP contribution in [0.4, 0.5) is 0 Å². The number of hydrogen-bond acceptors (Lipinski definition) is 5. The van der Waals surface area contributed by atoms with Crippen molar-refractivity contribution in [3.8, 4) is 0 Å². The van der Waals surface area contributed by atoms with Crippen molar-refractivity contribution in [2.24, 2.45) is 4.99 Å². The van der Waals surface area contributed by atoms with E-state index in [-0.39, 0.29) is 24.0 Å². The van der Waals surface area contributed by atoms with Crippen LogP contribution in [0.25, 0.3) is 0 Å². The molecule has 1 fully saturated rings. The van der Waals surface area contributed by atoms with Gasteiger partial charge in [-0.05, 0) is 31.5 Å². The standard InChI is InChI=1S/C19H27BrN6O.HI/c1-4-21-19(22-13-18-23-15(3)27-24-18)26-11-9-25(10-12-26)14(2)16-5-7-17(20)8-6-16;/h5-8,14H,4,9-13H2,1-3H3,(H,21,22);1H. The predicted molar refractivity (Wildman–Crippen MR) is 125 cm³/mol. The first kappa shape index (κ1) is 23.1. The number of benzene rings is 1. The molecule has 2 heterocycles. The van der Waals surface area contributed by atoms with Crippen LogP contribution in [-0.2, 0) is 6.54 Å². The van der Waals surface area contributed by atoms with Crippen LogP contribution in [0, 0.1) is 6.92 Å². The van der Waals surface area contributed by atoms with Gasteiger partial charge in [-0.1, -0.05) is 33.2 Å². The molecule has 0 bridgehead atoms. The van der Waals surface area contributed by atoms with E-state index in [1.165, 1.54) is 5.56 Å². The number of nitrogens with one attached hydrogen (secondary N) is 1. The second-order valence-corrected chi connectivity index (χ2v) is 7.57. The average molecular weight is 563 g/mol. The molecule has 2 aromatic rings.